The van der Waals surface area contributed by atoms with Gasteiger partial charge in [-0.3, -0.25) is 4.79 Å². The van der Waals surface area contributed by atoms with Crippen LogP contribution in [-0.4, -0.2) is 88.4 Å². The summed E-state index contributed by atoms with van der Waals surface area (Å²) in [5.41, 5.74) is 3.61. The molecule has 0 aromatic heterocycles. The van der Waals surface area contributed by atoms with Gasteiger partial charge in [0.15, 0.2) is 5.78 Å². The van der Waals surface area contributed by atoms with Crippen molar-refractivity contribution in [3.63, 3.8) is 0 Å². The van der Waals surface area contributed by atoms with E-state index in [4.69, 9.17) is 18.9 Å². The number of ether oxygens (including phenoxy) is 4. The first-order valence-corrected chi connectivity index (χ1v) is 21.6. The lowest BCUT2D eigenvalue weighted by Gasteiger charge is -2.35. The second-order valence-electron chi connectivity index (χ2n) is 16.7. The summed E-state index contributed by atoms with van der Waals surface area (Å²) >= 11 is 0. The van der Waals surface area contributed by atoms with Crippen LogP contribution in [0.5, 0.6) is 23.0 Å². The van der Waals surface area contributed by atoms with Gasteiger partial charge in [0.25, 0.3) is 0 Å². The number of ketones is 1. The van der Waals surface area contributed by atoms with Crippen molar-refractivity contribution in [1.29, 1.82) is 0 Å². The number of halogens is 2. The van der Waals surface area contributed by atoms with Gasteiger partial charge < -0.3 is 75.9 Å². The Morgan fingerprint density at radius 1 is 0.714 bits per heavy atom. The van der Waals surface area contributed by atoms with Gasteiger partial charge in [0.1, 0.15) is 34.7 Å². The molecule has 3 rings (SSSR count). The lowest BCUT2D eigenvalue weighted by atomic mass is 9.92. The molecular formula is C47H78I2N2O5. The van der Waals surface area contributed by atoms with E-state index in [2.05, 4.69) is 61.7 Å². The van der Waals surface area contributed by atoms with Gasteiger partial charge in [-0.15, -0.1) is 0 Å². The first-order valence-electron chi connectivity index (χ1n) is 21.6. The van der Waals surface area contributed by atoms with E-state index in [1.54, 1.807) is 7.11 Å². The Morgan fingerprint density at radius 2 is 1.20 bits per heavy atom. The third-order valence-corrected chi connectivity index (χ3v) is 11.3. The number of carbonyl (C=O) groups excluding carboxylic acids is 1. The maximum Gasteiger partial charge on any atom is 0.174 e. The van der Waals surface area contributed by atoms with Gasteiger partial charge in [0.2, 0.25) is 0 Å². The third-order valence-electron chi connectivity index (χ3n) is 11.3. The normalized spacial score (nSPS) is 13.9. The van der Waals surface area contributed by atoms with Gasteiger partial charge >= 0.3 is 0 Å². The standard InChI is InChI=1S/C47H78N2O5.2HI/c1-10-14-28-48(7,29-15-11-2)32-18-20-34-52-40-25-23-39(24-26-40)43-36-42(50)46-45(51-9)37-44(41(47(46)54-43)27-22-38(5)6)53-35-21-19-33-49(8,30-16-12-3)31-17-13-4;;/h22-26,37,43H,10-21,27-36H2,1-9H3;2*1H/q+2;;/p-2. The topological polar surface area (TPSA) is 54.0 Å². The SMILES string of the molecule is CCCC[N+](C)(CCCC)CCCCOc1ccc(C2CC(=O)c3c(OC)cc(OCCCC[N+](C)(CCCC)CCCC)c(CC=C(C)C)c3O2)cc1.[I-].[I-]. The zero-order chi connectivity index (χ0) is 39.4. The molecule has 1 aliphatic heterocycles. The van der Waals surface area contributed by atoms with Crippen molar-refractivity contribution in [2.45, 2.75) is 138 Å². The molecular weight excluding hydrogens is 926 g/mol. The van der Waals surface area contributed by atoms with E-state index >= 15 is 0 Å². The number of fused-ring (bicyclic) bond motifs is 1. The highest BCUT2D eigenvalue weighted by molar-refractivity contribution is 6.03. The van der Waals surface area contributed by atoms with Crippen molar-refractivity contribution < 1.29 is 80.7 Å². The number of hydrogen-bond acceptors (Lipinski definition) is 5. The number of benzene rings is 2. The molecule has 0 fully saturated rings. The van der Waals surface area contributed by atoms with Crippen LogP contribution in [0.15, 0.2) is 42.0 Å². The molecule has 7 nitrogen and oxygen atoms in total. The van der Waals surface area contributed by atoms with Gasteiger partial charge in [-0.25, -0.2) is 0 Å². The zero-order valence-electron chi connectivity index (χ0n) is 36.8. The number of nitrogens with zero attached hydrogens (tertiary/aromatic N) is 2. The highest BCUT2D eigenvalue weighted by Gasteiger charge is 2.34. The molecule has 1 aliphatic rings. The largest absolute Gasteiger partial charge is 1.00 e. The highest BCUT2D eigenvalue weighted by Crippen LogP contribution is 2.46. The minimum atomic E-state index is -0.396. The summed E-state index contributed by atoms with van der Waals surface area (Å²) in [6, 6.07) is 10.0. The fraction of sp³-hybridized carbons (Fsp3) is 0.681. The number of allylic oxidation sites excluding steroid dienone is 2. The molecule has 1 atom stereocenters. The highest BCUT2D eigenvalue weighted by atomic mass is 127. The lowest BCUT2D eigenvalue weighted by molar-refractivity contribution is -0.910. The van der Waals surface area contributed by atoms with E-state index in [9.17, 15) is 4.79 Å². The molecule has 0 amide bonds. The van der Waals surface area contributed by atoms with Gasteiger partial charge in [-0.1, -0.05) is 77.2 Å². The van der Waals surface area contributed by atoms with Gasteiger partial charge in [-0.05, 0) is 89.3 Å². The molecule has 1 heterocycles. The summed E-state index contributed by atoms with van der Waals surface area (Å²) in [4.78, 5) is 13.8. The Morgan fingerprint density at radius 3 is 1.66 bits per heavy atom. The summed E-state index contributed by atoms with van der Waals surface area (Å²) < 4.78 is 27.6. The van der Waals surface area contributed by atoms with Crippen LogP contribution in [0.1, 0.15) is 153 Å². The number of Topliss-reactive ketones (excluding diaryl/α,β-unsaturated/α-hetero) is 1. The summed E-state index contributed by atoms with van der Waals surface area (Å²) in [6.45, 7) is 22.0. The molecule has 56 heavy (non-hydrogen) atoms. The summed E-state index contributed by atoms with van der Waals surface area (Å²) in [5, 5.41) is 0. The molecule has 0 bridgehead atoms. The number of carbonyl (C=O) groups is 1. The van der Waals surface area contributed by atoms with Crippen molar-refractivity contribution in [2.24, 2.45) is 0 Å². The molecule has 2 aromatic rings. The van der Waals surface area contributed by atoms with Crippen molar-refractivity contribution in [3.8, 4) is 23.0 Å². The van der Waals surface area contributed by atoms with Crippen LogP contribution in [0.25, 0.3) is 0 Å². The van der Waals surface area contributed by atoms with E-state index in [0.29, 0.717) is 36.7 Å². The second-order valence-corrected chi connectivity index (χ2v) is 16.7. The van der Waals surface area contributed by atoms with Crippen LogP contribution in [0.3, 0.4) is 0 Å². The Labute approximate surface area is 376 Å². The average molecular weight is 1000 g/mol. The maximum atomic E-state index is 13.8. The molecule has 2 aromatic carbocycles. The molecule has 0 radical (unpaired) electrons. The fourth-order valence-electron chi connectivity index (χ4n) is 7.65. The fourth-order valence-corrected chi connectivity index (χ4v) is 7.65. The molecule has 0 N–H and O–H groups in total. The van der Waals surface area contributed by atoms with E-state index in [1.165, 1.54) is 107 Å². The Balaban J connectivity index is 0.00000784. The molecule has 1 unspecified atom stereocenters. The van der Waals surface area contributed by atoms with Crippen LogP contribution in [0.4, 0.5) is 0 Å². The number of hydrogen-bond donors (Lipinski definition) is 0. The summed E-state index contributed by atoms with van der Waals surface area (Å²) in [7, 11) is 6.47. The van der Waals surface area contributed by atoms with Gasteiger partial charge in [0, 0.05) is 11.6 Å². The van der Waals surface area contributed by atoms with Crippen LogP contribution < -0.4 is 66.9 Å². The molecule has 0 spiro atoms. The van der Waals surface area contributed by atoms with E-state index in [-0.39, 0.29) is 60.2 Å². The van der Waals surface area contributed by atoms with Crippen molar-refractivity contribution in [3.05, 3.63) is 58.7 Å². The minimum absolute atomic E-state index is 0. The quantitative estimate of drug-likeness (QED) is 0.0500. The first-order chi connectivity index (χ1) is 26.0. The van der Waals surface area contributed by atoms with Crippen molar-refractivity contribution in [2.75, 3.05) is 73.7 Å². The van der Waals surface area contributed by atoms with Crippen LogP contribution in [0.2, 0.25) is 0 Å². The molecule has 0 saturated carbocycles. The van der Waals surface area contributed by atoms with Crippen LogP contribution in [0, 0.1) is 0 Å². The van der Waals surface area contributed by atoms with Gasteiger partial charge in [0.05, 0.1) is 80.1 Å². The second kappa shape index (κ2) is 28.0. The minimum Gasteiger partial charge on any atom is -1.00 e. The van der Waals surface area contributed by atoms with E-state index in [1.807, 2.05) is 30.3 Å². The van der Waals surface area contributed by atoms with Crippen molar-refractivity contribution in [1.82, 2.24) is 0 Å². The van der Waals surface area contributed by atoms with Crippen molar-refractivity contribution >= 4 is 5.78 Å². The molecule has 0 saturated heterocycles. The number of quaternary nitrogens is 2. The van der Waals surface area contributed by atoms with Crippen LogP contribution >= 0.6 is 0 Å². The van der Waals surface area contributed by atoms with E-state index < -0.39 is 6.10 Å². The molecule has 0 aliphatic carbocycles. The third kappa shape index (κ3) is 17.3. The van der Waals surface area contributed by atoms with Gasteiger partial charge in [-0.2, -0.15) is 0 Å². The molecule has 320 valence electrons. The maximum absolute atomic E-state index is 13.8. The number of unbranched alkanes of at least 4 members (excludes halogenated alkanes) is 6. The summed E-state index contributed by atoms with van der Waals surface area (Å²) in [5.74, 6) is 2.74. The molecule has 9 heteroatoms. The Kier molecular flexibility index (Phi) is 26.2. The predicted octanol–water partition coefficient (Wildman–Crippen LogP) is 5.33. The Hall–Kier alpha value is -1.57. The smallest absolute Gasteiger partial charge is 0.174 e. The average Bonchev–Trinajstić information content (AvgIpc) is 3.16. The Bertz CT molecular complexity index is 1410. The lowest BCUT2D eigenvalue weighted by Crippen LogP contribution is -3.00. The monoisotopic (exact) mass is 1000 g/mol. The number of methoxy groups -OCH3 is 1. The predicted molar refractivity (Wildman–Crippen MR) is 226 cm³/mol. The first kappa shape index (κ1) is 52.4. The van der Waals surface area contributed by atoms with Crippen LogP contribution in [-0.2, 0) is 6.42 Å². The van der Waals surface area contributed by atoms with E-state index in [0.717, 1.165) is 46.4 Å². The summed E-state index contributed by atoms with van der Waals surface area (Å²) in [6.07, 6.45) is 17.1. The zero-order valence-corrected chi connectivity index (χ0v) is 41.1. The number of rotatable bonds is 28.